The van der Waals surface area contributed by atoms with Gasteiger partial charge in [0.2, 0.25) is 0 Å². The lowest BCUT2D eigenvalue weighted by Gasteiger charge is -2.09. The summed E-state index contributed by atoms with van der Waals surface area (Å²) in [5.41, 5.74) is 3.20. The highest BCUT2D eigenvalue weighted by atomic mass is 16.1. The smallest absolute Gasteiger partial charge is 0.179 e. The fourth-order valence-corrected chi connectivity index (χ4v) is 2.62. The summed E-state index contributed by atoms with van der Waals surface area (Å²) in [4.78, 5) is 12.5. The Labute approximate surface area is 131 Å². The summed E-state index contributed by atoms with van der Waals surface area (Å²) in [6, 6.07) is 24.2. The van der Waals surface area contributed by atoms with Crippen molar-refractivity contribution in [2.75, 3.05) is 0 Å². The number of aromatic nitrogens is 1. The van der Waals surface area contributed by atoms with Crippen molar-refractivity contribution in [2.24, 2.45) is 0 Å². The van der Waals surface area contributed by atoms with Crippen molar-refractivity contribution in [3.63, 3.8) is 0 Å². The number of ketones is 1. The normalized spacial score (nSPS) is 10.5. The molecule has 0 aliphatic rings. The van der Waals surface area contributed by atoms with E-state index in [1.807, 2.05) is 59.3 Å². The first kappa shape index (κ1) is 14.3. The number of Topliss-reactive ketones (excluding diaryl/α,β-unsaturated/α-hetero) is 1. The van der Waals surface area contributed by atoms with Gasteiger partial charge in [0.15, 0.2) is 5.78 Å². The predicted molar refractivity (Wildman–Crippen MR) is 89.1 cm³/mol. The van der Waals surface area contributed by atoms with Gasteiger partial charge < -0.3 is 4.57 Å². The topological polar surface area (TPSA) is 22.0 Å². The van der Waals surface area contributed by atoms with Crippen molar-refractivity contribution < 1.29 is 4.79 Å². The lowest BCUT2D eigenvalue weighted by atomic mass is 10.1. The maximum Gasteiger partial charge on any atom is 0.179 e. The molecule has 0 aliphatic heterocycles. The van der Waals surface area contributed by atoms with Crippen LogP contribution in [0.2, 0.25) is 0 Å². The van der Waals surface area contributed by atoms with Crippen molar-refractivity contribution in [3.05, 3.63) is 95.8 Å². The summed E-state index contributed by atoms with van der Waals surface area (Å²) in [7, 11) is 0. The van der Waals surface area contributed by atoms with Gasteiger partial charge in [-0.1, -0.05) is 60.7 Å². The third-order valence-corrected chi connectivity index (χ3v) is 3.79. The van der Waals surface area contributed by atoms with Crippen molar-refractivity contribution in [1.29, 1.82) is 0 Å². The second-order valence-corrected chi connectivity index (χ2v) is 5.42. The van der Waals surface area contributed by atoms with Crippen molar-refractivity contribution in [2.45, 2.75) is 19.4 Å². The van der Waals surface area contributed by atoms with Crippen LogP contribution in [0.25, 0.3) is 0 Å². The predicted octanol–water partition coefficient (Wildman–Crippen LogP) is 4.35. The van der Waals surface area contributed by atoms with Gasteiger partial charge in [-0.05, 0) is 29.7 Å². The van der Waals surface area contributed by atoms with Crippen LogP contribution in [0.5, 0.6) is 0 Å². The SMILES string of the molecule is O=C(CCc1ccccc1)c1cccn1Cc1ccccc1. The number of benzene rings is 2. The number of hydrogen-bond acceptors (Lipinski definition) is 1. The standard InChI is InChI=1S/C20H19NO/c22-20(14-13-17-8-3-1-4-9-17)19-12-7-15-21(19)16-18-10-5-2-6-11-18/h1-12,15H,13-14,16H2. The van der Waals surface area contributed by atoms with Crippen LogP contribution in [-0.4, -0.2) is 10.4 Å². The van der Waals surface area contributed by atoms with E-state index in [4.69, 9.17) is 0 Å². The van der Waals surface area contributed by atoms with Crippen molar-refractivity contribution in [1.82, 2.24) is 4.57 Å². The Bertz CT molecular complexity index is 729. The largest absolute Gasteiger partial charge is 0.341 e. The van der Waals surface area contributed by atoms with Gasteiger partial charge in [0.25, 0.3) is 0 Å². The van der Waals surface area contributed by atoms with E-state index < -0.39 is 0 Å². The Morgan fingerprint density at radius 1 is 0.773 bits per heavy atom. The molecular weight excluding hydrogens is 270 g/mol. The molecule has 0 bridgehead atoms. The maximum absolute atomic E-state index is 12.5. The fraction of sp³-hybridized carbons (Fsp3) is 0.150. The van der Waals surface area contributed by atoms with Gasteiger partial charge in [-0.25, -0.2) is 0 Å². The van der Waals surface area contributed by atoms with Crippen molar-refractivity contribution >= 4 is 5.78 Å². The van der Waals surface area contributed by atoms with Gasteiger partial charge in [-0.2, -0.15) is 0 Å². The van der Waals surface area contributed by atoms with Gasteiger partial charge >= 0.3 is 0 Å². The zero-order chi connectivity index (χ0) is 15.2. The van der Waals surface area contributed by atoms with Gasteiger partial charge in [-0.3, -0.25) is 4.79 Å². The maximum atomic E-state index is 12.5. The zero-order valence-electron chi connectivity index (χ0n) is 12.5. The zero-order valence-corrected chi connectivity index (χ0v) is 12.5. The van der Waals surface area contributed by atoms with Gasteiger partial charge in [0, 0.05) is 19.2 Å². The second-order valence-electron chi connectivity index (χ2n) is 5.42. The molecule has 0 radical (unpaired) electrons. The highest BCUT2D eigenvalue weighted by Gasteiger charge is 2.11. The van der Waals surface area contributed by atoms with E-state index in [-0.39, 0.29) is 5.78 Å². The minimum atomic E-state index is 0.199. The highest BCUT2D eigenvalue weighted by molar-refractivity contribution is 5.94. The summed E-state index contributed by atoms with van der Waals surface area (Å²) in [6.07, 6.45) is 3.31. The molecule has 0 unspecified atom stereocenters. The number of hydrogen-bond donors (Lipinski definition) is 0. The van der Waals surface area contributed by atoms with Gasteiger partial charge in [-0.15, -0.1) is 0 Å². The fourth-order valence-electron chi connectivity index (χ4n) is 2.62. The number of carbonyl (C=O) groups is 1. The van der Waals surface area contributed by atoms with E-state index in [0.717, 1.165) is 18.7 Å². The van der Waals surface area contributed by atoms with Crippen LogP contribution in [0.15, 0.2) is 79.0 Å². The molecule has 22 heavy (non-hydrogen) atoms. The average Bonchev–Trinajstić information content (AvgIpc) is 3.03. The molecule has 0 saturated carbocycles. The molecule has 2 heteroatoms. The molecule has 2 aromatic carbocycles. The molecule has 0 saturated heterocycles. The molecule has 110 valence electrons. The third kappa shape index (κ3) is 3.53. The van der Waals surface area contributed by atoms with Gasteiger partial charge in [0.1, 0.15) is 0 Å². The Kier molecular flexibility index (Phi) is 4.50. The monoisotopic (exact) mass is 289 g/mol. The van der Waals surface area contributed by atoms with E-state index >= 15 is 0 Å². The average molecular weight is 289 g/mol. The van der Waals surface area contributed by atoms with Gasteiger partial charge in [0.05, 0.1) is 5.69 Å². The summed E-state index contributed by atoms with van der Waals surface area (Å²) in [5, 5.41) is 0. The number of nitrogens with zero attached hydrogens (tertiary/aromatic N) is 1. The van der Waals surface area contributed by atoms with Crippen LogP contribution >= 0.6 is 0 Å². The van der Waals surface area contributed by atoms with Crippen LogP contribution < -0.4 is 0 Å². The Morgan fingerprint density at radius 2 is 1.41 bits per heavy atom. The first-order chi connectivity index (χ1) is 10.8. The molecular formula is C20H19NO. The molecule has 0 aliphatic carbocycles. The summed E-state index contributed by atoms with van der Waals surface area (Å²) in [6.45, 7) is 0.736. The van der Waals surface area contributed by atoms with Crippen LogP contribution in [0.3, 0.4) is 0 Å². The van der Waals surface area contributed by atoms with E-state index in [0.29, 0.717) is 6.42 Å². The lowest BCUT2D eigenvalue weighted by Crippen LogP contribution is -2.10. The van der Waals surface area contributed by atoms with Crippen LogP contribution in [0.4, 0.5) is 0 Å². The summed E-state index contributed by atoms with van der Waals surface area (Å²) >= 11 is 0. The minimum Gasteiger partial charge on any atom is -0.341 e. The first-order valence-electron chi connectivity index (χ1n) is 7.59. The Hall–Kier alpha value is -2.61. The van der Waals surface area contributed by atoms with E-state index in [1.54, 1.807) is 0 Å². The van der Waals surface area contributed by atoms with Crippen LogP contribution in [-0.2, 0) is 13.0 Å². The minimum absolute atomic E-state index is 0.199. The molecule has 1 heterocycles. The first-order valence-corrected chi connectivity index (χ1v) is 7.59. The van der Waals surface area contributed by atoms with E-state index in [9.17, 15) is 4.79 Å². The highest BCUT2D eigenvalue weighted by Crippen LogP contribution is 2.12. The molecule has 0 atom stereocenters. The molecule has 0 N–H and O–H groups in total. The lowest BCUT2D eigenvalue weighted by molar-refractivity contribution is 0.0974. The van der Waals surface area contributed by atoms with Crippen molar-refractivity contribution in [3.8, 4) is 0 Å². The molecule has 1 aromatic heterocycles. The van der Waals surface area contributed by atoms with E-state index in [2.05, 4.69) is 24.3 Å². The molecule has 2 nitrogen and oxygen atoms in total. The summed E-state index contributed by atoms with van der Waals surface area (Å²) in [5.74, 6) is 0.199. The summed E-state index contributed by atoms with van der Waals surface area (Å²) < 4.78 is 2.03. The molecule has 3 aromatic rings. The Morgan fingerprint density at radius 3 is 2.09 bits per heavy atom. The number of rotatable bonds is 6. The number of carbonyl (C=O) groups excluding carboxylic acids is 1. The second kappa shape index (κ2) is 6.90. The molecule has 3 rings (SSSR count). The van der Waals surface area contributed by atoms with E-state index in [1.165, 1.54) is 11.1 Å². The number of aryl methyl sites for hydroxylation is 1. The Balaban J connectivity index is 1.67. The molecule has 0 amide bonds. The molecule has 0 fully saturated rings. The van der Waals surface area contributed by atoms with Crippen LogP contribution in [0.1, 0.15) is 28.0 Å². The third-order valence-electron chi connectivity index (χ3n) is 3.79. The molecule has 0 spiro atoms. The van der Waals surface area contributed by atoms with Crippen LogP contribution in [0, 0.1) is 0 Å². The quantitative estimate of drug-likeness (QED) is 0.618.